The van der Waals surface area contributed by atoms with Crippen LogP contribution in [0.4, 0.5) is 0 Å². The molecule has 1 N–H and O–H groups in total. The van der Waals surface area contributed by atoms with E-state index in [1.54, 1.807) is 0 Å². The van der Waals surface area contributed by atoms with E-state index in [-0.39, 0.29) is 24.5 Å². The maximum absolute atomic E-state index is 13.3. The summed E-state index contributed by atoms with van der Waals surface area (Å²) in [6, 6.07) is 25.7. The van der Waals surface area contributed by atoms with Gasteiger partial charge in [-0.2, -0.15) is 0 Å². The Morgan fingerprint density at radius 2 is 1.65 bits per heavy atom. The summed E-state index contributed by atoms with van der Waals surface area (Å²) in [4.78, 5) is 27.7. The standard InChI is InChI=1S/C29H32N2O3/c1-29(2,3)28(33)31-17-16-22-14-15-24(18-25(22)27(31)23-12-8-5-9-13-23)34-20-26(32)30-19-21-10-6-4-7-11-21/h4-15,18,27H,16-17,19-20H2,1-3H3,(H,30,32). The Morgan fingerprint density at radius 1 is 0.971 bits per heavy atom. The Bertz CT molecular complexity index is 1140. The fraction of sp³-hybridized carbons (Fsp3) is 0.310. The highest BCUT2D eigenvalue weighted by atomic mass is 16.5. The van der Waals surface area contributed by atoms with Gasteiger partial charge in [0, 0.05) is 18.5 Å². The summed E-state index contributed by atoms with van der Waals surface area (Å²) in [6.07, 6.45) is 0.790. The molecular formula is C29H32N2O3. The highest BCUT2D eigenvalue weighted by Crippen LogP contribution is 2.39. The zero-order chi connectivity index (χ0) is 24.1. The van der Waals surface area contributed by atoms with Crippen LogP contribution in [0.15, 0.2) is 78.9 Å². The molecule has 1 heterocycles. The third kappa shape index (κ3) is 5.48. The number of benzene rings is 3. The van der Waals surface area contributed by atoms with Crippen LogP contribution in [0.1, 0.15) is 49.1 Å². The van der Waals surface area contributed by atoms with E-state index in [1.165, 1.54) is 5.56 Å². The minimum absolute atomic E-state index is 0.0632. The van der Waals surface area contributed by atoms with Gasteiger partial charge in [0.15, 0.2) is 6.61 Å². The van der Waals surface area contributed by atoms with Crippen molar-refractivity contribution in [3.63, 3.8) is 0 Å². The lowest BCUT2D eigenvalue weighted by Gasteiger charge is -2.41. The molecule has 4 rings (SSSR count). The minimum atomic E-state index is -0.477. The maximum atomic E-state index is 13.3. The molecule has 1 aliphatic rings. The van der Waals surface area contributed by atoms with Crippen molar-refractivity contribution in [1.82, 2.24) is 10.2 Å². The van der Waals surface area contributed by atoms with Crippen molar-refractivity contribution in [3.8, 4) is 5.75 Å². The predicted octanol–water partition coefficient (Wildman–Crippen LogP) is 4.90. The van der Waals surface area contributed by atoms with Gasteiger partial charge < -0.3 is 15.0 Å². The van der Waals surface area contributed by atoms with Crippen molar-refractivity contribution in [2.45, 2.75) is 39.8 Å². The lowest BCUT2D eigenvalue weighted by atomic mass is 9.85. The Labute approximate surface area is 201 Å². The Kier molecular flexibility index (Phi) is 7.01. The number of fused-ring (bicyclic) bond motifs is 1. The van der Waals surface area contributed by atoms with Crippen LogP contribution in [0.25, 0.3) is 0 Å². The number of hydrogen-bond acceptors (Lipinski definition) is 3. The van der Waals surface area contributed by atoms with Crippen molar-refractivity contribution in [3.05, 3.63) is 101 Å². The first kappa shape index (κ1) is 23.6. The molecular weight excluding hydrogens is 424 g/mol. The summed E-state index contributed by atoms with van der Waals surface area (Å²) >= 11 is 0. The molecule has 1 aliphatic heterocycles. The SMILES string of the molecule is CC(C)(C)C(=O)N1CCc2ccc(OCC(=O)NCc3ccccc3)cc2C1c1ccccc1. The molecule has 1 atom stereocenters. The third-order valence-electron chi connectivity index (χ3n) is 6.07. The normalized spacial score (nSPS) is 15.4. The molecule has 2 amide bonds. The number of ether oxygens (including phenoxy) is 1. The highest BCUT2D eigenvalue weighted by Gasteiger charge is 2.37. The quantitative estimate of drug-likeness (QED) is 0.574. The van der Waals surface area contributed by atoms with Crippen LogP contribution in [-0.2, 0) is 22.6 Å². The first-order chi connectivity index (χ1) is 16.3. The summed E-state index contributed by atoms with van der Waals surface area (Å²) in [5.41, 5.74) is 3.89. The molecule has 0 aliphatic carbocycles. The fourth-order valence-electron chi connectivity index (χ4n) is 4.32. The first-order valence-electron chi connectivity index (χ1n) is 11.8. The van der Waals surface area contributed by atoms with Crippen LogP contribution >= 0.6 is 0 Å². The monoisotopic (exact) mass is 456 g/mol. The molecule has 5 heteroatoms. The second-order valence-electron chi connectivity index (χ2n) is 9.72. The topological polar surface area (TPSA) is 58.6 Å². The Balaban J connectivity index is 1.53. The van der Waals surface area contributed by atoms with Gasteiger partial charge in [-0.1, -0.05) is 87.5 Å². The predicted molar refractivity (Wildman–Crippen MR) is 133 cm³/mol. The number of carbonyl (C=O) groups excluding carboxylic acids is 2. The van der Waals surface area contributed by atoms with Gasteiger partial charge in [-0.05, 0) is 40.8 Å². The van der Waals surface area contributed by atoms with Gasteiger partial charge in [0.05, 0.1) is 6.04 Å². The van der Waals surface area contributed by atoms with Crippen LogP contribution in [0, 0.1) is 5.41 Å². The molecule has 3 aromatic rings. The lowest BCUT2D eigenvalue weighted by molar-refractivity contribution is -0.141. The van der Waals surface area contributed by atoms with Gasteiger partial charge in [0.2, 0.25) is 5.91 Å². The number of carbonyl (C=O) groups is 2. The van der Waals surface area contributed by atoms with Crippen LogP contribution in [0.3, 0.4) is 0 Å². The molecule has 0 bridgehead atoms. The molecule has 1 unspecified atom stereocenters. The van der Waals surface area contributed by atoms with Crippen LogP contribution in [0.2, 0.25) is 0 Å². The van der Waals surface area contributed by atoms with Crippen molar-refractivity contribution >= 4 is 11.8 Å². The number of nitrogens with one attached hydrogen (secondary N) is 1. The molecule has 0 saturated carbocycles. The van der Waals surface area contributed by atoms with Gasteiger partial charge in [0.25, 0.3) is 5.91 Å². The van der Waals surface area contributed by atoms with Crippen molar-refractivity contribution in [2.24, 2.45) is 5.41 Å². The Hall–Kier alpha value is -3.60. The molecule has 0 fully saturated rings. The summed E-state index contributed by atoms with van der Waals surface area (Å²) in [6.45, 7) is 6.95. The fourth-order valence-corrected chi connectivity index (χ4v) is 4.32. The average Bonchev–Trinajstić information content (AvgIpc) is 2.85. The van der Waals surface area contributed by atoms with Crippen LogP contribution in [-0.4, -0.2) is 29.9 Å². The lowest BCUT2D eigenvalue weighted by Crippen LogP contribution is -2.45. The van der Waals surface area contributed by atoms with Gasteiger partial charge >= 0.3 is 0 Å². The number of nitrogens with zero attached hydrogens (tertiary/aromatic N) is 1. The zero-order valence-corrected chi connectivity index (χ0v) is 20.1. The van der Waals surface area contributed by atoms with Gasteiger partial charge in [-0.3, -0.25) is 9.59 Å². The van der Waals surface area contributed by atoms with Crippen LogP contribution < -0.4 is 10.1 Å². The summed E-state index contributed by atoms with van der Waals surface area (Å²) in [5, 5.41) is 2.89. The van der Waals surface area contributed by atoms with Gasteiger partial charge in [-0.15, -0.1) is 0 Å². The molecule has 0 aromatic heterocycles. The van der Waals surface area contributed by atoms with Gasteiger partial charge in [0.1, 0.15) is 5.75 Å². The number of rotatable bonds is 6. The van der Waals surface area contributed by atoms with E-state index in [2.05, 4.69) is 23.5 Å². The maximum Gasteiger partial charge on any atom is 0.258 e. The average molecular weight is 457 g/mol. The smallest absolute Gasteiger partial charge is 0.258 e. The number of hydrogen-bond donors (Lipinski definition) is 1. The summed E-state index contributed by atoms with van der Waals surface area (Å²) < 4.78 is 5.85. The second kappa shape index (κ2) is 10.1. The van der Waals surface area contributed by atoms with Crippen molar-refractivity contribution < 1.29 is 14.3 Å². The molecule has 0 spiro atoms. The van der Waals surface area contributed by atoms with E-state index in [0.29, 0.717) is 18.8 Å². The summed E-state index contributed by atoms with van der Waals surface area (Å²) in [7, 11) is 0. The Morgan fingerprint density at radius 3 is 2.32 bits per heavy atom. The van der Waals surface area contributed by atoms with E-state index in [4.69, 9.17) is 4.74 Å². The van der Waals surface area contributed by atoms with Crippen LogP contribution in [0.5, 0.6) is 5.75 Å². The van der Waals surface area contributed by atoms with Gasteiger partial charge in [-0.25, -0.2) is 0 Å². The largest absolute Gasteiger partial charge is 0.484 e. The van der Waals surface area contributed by atoms with E-state index < -0.39 is 5.41 Å². The molecule has 5 nitrogen and oxygen atoms in total. The van der Waals surface area contributed by atoms with Crippen molar-refractivity contribution in [2.75, 3.05) is 13.2 Å². The zero-order valence-electron chi connectivity index (χ0n) is 20.1. The van der Waals surface area contributed by atoms with E-state index in [1.807, 2.05) is 86.3 Å². The minimum Gasteiger partial charge on any atom is -0.484 e. The highest BCUT2D eigenvalue weighted by molar-refractivity contribution is 5.83. The molecule has 3 aromatic carbocycles. The van der Waals surface area contributed by atoms with E-state index in [9.17, 15) is 9.59 Å². The molecule has 0 radical (unpaired) electrons. The number of amides is 2. The summed E-state index contributed by atoms with van der Waals surface area (Å²) in [5.74, 6) is 0.573. The van der Waals surface area contributed by atoms with Crippen molar-refractivity contribution in [1.29, 1.82) is 0 Å². The first-order valence-corrected chi connectivity index (χ1v) is 11.8. The molecule has 176 valence electrons. The van der Waals surface area contributed by atoms with E-state index >= 15 is 0 Å². The second-order valence-corrected chi connectivity index (χ2v) is 9.72. The molecule has 34 heavy (non-hydrogen) atoms. The third-order valence-corrected chi connectivity index (χ3v) is 6.07. The van der Waals surface area contributed by atoms with E-state index in [0.717, 1.165) is 23.1 Å². The molecule has 0 saturated heterocycles.